The van der Waals surface area contributed by atoms with Crippen LogP contribution in [0.3, 0.4) is 0 Å². The van der Waals surface area contributed by atoms with Crippen molar-refractivity contribution in [3.8, 4) is 33.8 Å². The van der Waals surface area contributed by atoms with Crippen LogP contribution in [0, 0.1) is 6.92 Å². The van der Waals surface area contributed by atoms with Gasteiger partial charge in [0.25, 0.3) is 0 Å². The first-order chi connectivity index (χ1) is 26.6. The van der Waals surface area contributed by atoms with Gasteiger partial charge in [-0.25, -0.2) is 9.97 Å². The van der Waals surface area contributed by atoms with Gasteiger partial charge in [-0.05, 0) is 101 Å². The van der Waals surface area contributed by atoms with Crippen LogP contribution in [0.2, 0.25) is 0 Å². The highest BCUT2D eigenvalue weighted by atomic mass is 16.5. The maximum Gasteiger partial charge on any atom is 0.137 e. The summed E-state index contributed by atoms with van der Waals surface area (Å²) in [7, 11) is 0. The smallest absolute Gasteiger partial charge is 0.137 e. The number of aromatic nitrogens is 2. The molecule has 272 valence electrons. The number of fused-ring (bicyclic) bond motifs is 6. The first-order valence-corrected chi connectivity index (χ1v) is 19.1. The molecule has 55 heavy (non-hydrogen) atoms. The Morgan fingerprint density at radius 2 is 1.25 bits per heavy atom. The quantitative estimate of drug-likeness (QED) is 0.170. The summed E-state index contributed by atoms with van der Waals surface area (Å²) >= 11 is 0. The summed E-state index contributed by atoms with van der Waals surface area (Å²) in [4.78, 5) is 16.9. The number of anilines is 7. The predicted molar refractivity (Wildman–Crippen MR) is 227 cm³/mol. The third kappa shape index (κ3) is 6.18. The van der Waals surface area contributed by atoms with Gasteiger partial charge in [-0.3, -0.25) is 4.90 Å². The average molecular weight is 720 g/mol. The van der Waals surface area contributed by atoms with Crippen molar-refractivity contribution in [1.29, 1.82) is 0 Å². The van der Waals surface area contributed by atoms with E-state index in [1.54, 1.807) is 0 Å². The molecule has 0 spiro atoms. The van der Waals surface area contributed by atoms with E-state index in [0.29, 0.717) is 12.6 Å². The molecule has 0 saturated heterocycles. The van der Waals surface area contributed by atoms with E-state index in [0.717, 1.165) is 62.7 Å². The Balaban J connectivity index is 1.11. The summed E-state index contributed by atoms with van der Waals surface area (Å²) in [6, 6.07) is 47.3. The van der Waals surface area contributed by atoms with Crippen molar-refractivity contribution in [3.05, 3.63) is 163 Å². The van der Waals surface area contributed by atoms with Gasteiger partial charge in [0, 0.05) is 41.3 Å². The number of hydrogen-bond acceptors (Lipinski definition) is 6. The number of aryl methyl sites for hydroxylation is 1. The molecule has 0 atom stereocenters. The van der Waals surface area contributed by atoms with Gasteiger partial charge < -0.3 is 14.5 Å². The lowest BCUT2D eigenvalue weighted by Gasteiger charge is -2.28. The van der Waals surface area contributed by atoms with E-state index in [1.807, 2.05) is 18.5 Å². The Hall–Kier alpha value is -6.40. The van der Waals surface area contributed by atoms with Gasteiger partial charge in [0.2, 0.25) is 0 Å². The van der Waals surface area contributed by atoms with Crippen LogP contribution in [0.25, 0.3) is 22.3 Å². The summed E-state index contributed by atoms with van der Waals surface area (Å²) in [5.74, 6) is 3.73. The highest BCUT2D eigenvalue weighted by Gasteiger charge is 2.31. The number of ether oxygens (including phenoxy) is 1. The highest BCUT2D eigenvalue weighted by molar-refractivity contribution is 6.02. The molecule has 0 radical (unpaired) electrons. The van der Waals surface area contributed by atoms with E-state index < -0.39 is 0 Å². The first-order valence-electron chi connectivity index (χ1n) is 19.1. The number of rotatable bonds is 6. The molecule has 0 N–H and O–H groups in total. The van der Waals surface area contributed by atoms with E-state index in [2.05, 4.69) is 184 Å². The van der Waals surface area contributed by atoms with Gasteiger partial charge in [0.05, 0.1) is 22.7 Å². The van der Waals surface area contributed by atoms with Gasteiger partial charge in [-0.2, -0.15) is 0 Å². The van der Waals surface area contributed by atoms with Gasteiger partial charge in [-0.1, -0.05) is 101 Å². The standard InChI is InChI=1S/C49H45N5O/c1-32(2)42-26-33(3)30-51-48(42)53-31-52(44-20-11-12-21-45(44)53)35-14-13-15-36(28-35)55-37-22-23-41-39-17-8-7-16-38(39)40-18-9-10-19-43(40)54(46(41)29-37)47-27-34(24-25-50-47)49(4,5)6/h7-30,32H,31H2,1-6H3. The molecule has 0 bridgehead atoms. The lowest BCUT2D eigenvalue weighted by atomic mass is 9.87. The second kappa shape index (κ2) is 13.5. The van der Waals surface area contributed by atoms with Crippen molar-refractivity contribution in [2.45, 2.75) is 52.9 Å². The number of benzene rings is 5. The van der Waals surface area contributed by atoms with Crippen molar-refractivity contribution in [2.75, 3.05) is 21.4 Å². The Bertz CT molecular complexity index is 2570. The molecule has 0 unspecified atom stereocenters. The molecule has 0 amide bonds. The van der Waals surface area contributed by atoms with E-state index >= 15 is 0 Å². The predicted octanol–water partition coefficient (Wildman–Crippen LogP) is 13.4. The van der Waals surface area contributed by atoms with Crippen LogP contribution < -0.4 is 19.4 Å². The van der Waals surface area contributed by atoms with Crippen molar-refractivity contribution < 1.29 is 4.74 Å². The van der Waals surface area contributed by atoms with Crippen molar-refractivity contribution in [2.24, 2.45) is 0 Å². The average Bonchev–Trinajstić information content (AvgIpc) is 3.52. The fourth-order valence-corrected chi connectivity index (χ4v) is 7.92. The van der Waals surface area contributed by atoms with Gasteiger partial charge in [0.15, 0.2) is 0 Å². The lowest BCUT2D eigenvalue weighted by Crippen LogP contribution is -2.25. The third-order valence-electron chi connectivity index (χ3n) is 10.7. The van der Waals surface area contributed by atoms with Crippen molar-refractivity contribution in [1.82, 2.24) is 9.97 Å². The fourth-order valence-electron chi connectivity index (χ4n) is 7.92. The molecule has 0 fully saturated rings. The molecule has 5 aromatic carbocycles. The number of hydrogen-bond donors (Lipinski definition) is 0. The van der Waals surface area contributed by atoms with Crippen LogP contribution in [0.15, 0.2) is 146 Å². The van der Waals surface area contributed by atoms with E-state index in [1.165, 1.54) is 27.8 Å². The third-order valence-corrected chi connectivity index (χ3v) is 10.7. The molecule has 6 heteroatoms. The maximum atomic E-state index is 6.79. The highest BCUT2D eigenvalue weighted by Crippen LogP contribution is 2.52. The Morgan fingerprint density at radius 1 is 0.600 bits per heavy atom. The summed E-state index contributed by atoms with van der Waals surface area (Å²) in [6.07, 6.45) is 3.90. The minimum absolute atomic E-state index is 0.0366. The normalized spacial score (nSPS) is 13.3. The van der Waals surface area contributed by atoms with Gasteiger partial charge in [-0.15, -0.1) is 0 Å². The van der Waals surface area contributed by atoms with E-state index in [-0.39, 0.29) is 5.41 Å². The van der Waals surface area contributed by atoms with Crippen molar-refractivity contribution >= 4 is 40.1 Å². The lowest BCUT2D eigenvalue weighted by molar-refractivity contribution is 0.483. The topological polar surface area (TPSA) is 44.7 Å². The number of para-hydroxylation sites is 3. The molecule has 2 aliphatic rings. The fraction of sp³-hybridized carbons (Fsp3) is 0.184. The van der Waals surface area contributed by atoms with Crippen LogP contribution >= 0.6 is 0 Å². The second-order valence-electron chi connectivity index (χ2n) is 15.9. The molecule has 4 heterocycles. The molecule has 6 nitrogen and oxygen atoms in total. The zero-order valence-electron chi connectivity index (χ0n) is 32.3. The van der Waals surface area contributed by atoms with Crippen LogP contribution in [0.4, 0.5) is 40.1 Å². The number of pyridine rings is 2. The summed E-state index contributed by atoms with van der Waals surface area (Å²) in [6.45, 7) is 14.0. The largest absolute Gasteiger partial charge is 0.457 e. The summed E-state index contributed by atoms with van der Waals surface area (Å²) < 4.78 is 6.79. The first kappa shape index (κ1) is 34.4. The Labute approximate surface area is 324 Å². The zero-order chi connectivity index (χ0) is 37.8. The summed E-state index contributed by atoms with van der Waals surface area (Å²) in [5.41, 5.74) is 13.7. The monoisotopic (exact) mass is 719 g/mol. The maximum absolute atomic E-state index is 6.79. The van der Waals surface area contributed by atoms with Gasteiger partial charge in [0.1, 0.15) is 29.8 Å². The zero-order valence-corrected chi connectivity index (χ0v) is 32.3. The van der Waals surface area contributed by atoms with E-state index in [9.17, 15) is 0 Å². The molecule has 7 aromatic rings. The van der Waals surface area contributed by atoms with Crippen molar-refractivity contribution in [3.63, 3.8) is 0 Å². The molecule has 2 aromatic heterocycles. The molecule has 0 saturated carbocycles. The molecule has 0 aliphatic carbocycles. The number of nitrogens with zero attached hydrogens (tertiary/aromatic N) is 5. The minimum Gasteiger partial charge on any atom is -0.457 e. The van der Waals surface area contributed by atoms with E-state index in [4.69, 9.17) is 14.7 Å². The minimum atomic E-state index is -0.0366. The van der Waals surface area contributed by atoms with Crippen LogP contribution in [0.1, 0.15) is 57.2 Å². The summed E-state index contributed by atoms with van der Waals surface area (Å²) in [5, 5.41) is 0. The van der Waals surface area contributed by atoms with Crippen LogP contribution in [-0.2, 0) is 5.41 Å². The molecular weight excluding hydrogens is 675 g/mol. The van der Waals surface area contributed by atoms with Crippen LogP contribution in [-0.4, -0.2) is 16.6 Å². The molecule has 9 rings (SSSR count). The SMILES string of the molecule is Cc1cnc(N2CN(c3cccc(Oc4ccc5c(c4)N(c4cc(C(C)(C)C)ccn4)c4ccccc4-c4ccccc4-5)c3)c3ccccc32)c(C(C)C)c1. The van der Waals surface area contributed by atoms with Gasteiger partial charge >= 0.3 is 0 Å². The molecule has 2 aliphatic heterocycles. The second-order valence-corrected chi connectivity index (χ2v) is 15.9. The van der Waals surface area contributed by atoms with Crippen LogP contribution in [0.5, 0.6) is 11.5 Å². The Kier molecular flexibility index (Phi) is 8.42. The Morgan fingerprint density at radius 3 is 1.98 bits per heavy atom. The molecular formula is C49H45N5O.